The fourth-order valence-electron chi connectivity index (χ4n) is 2.63. The maximum absolute atomic E-state index is 11.1. The third-order valence-corrected chi connectivity index (χ3v) is 3.80. The third-order valence-electron chi connectivity index (χ3n) is 3.80. The normalized spacial score (nSPS) is 25.4. The second-order valence-electron chi connectivity index (χ2n) is 5.19. The van der Waals surface area contributed by atoms with Gasteiger partial charge in [0.25, 0.3) is 0 Å². The SMILES string of the molecule is COc1ccc([N+](=O)[O-])c(NC2CCOC2C2CC2)n1. The summed E-state index contributed by atoms with van der Waals surface area (Å²) in [7, 11) is 1.49. The number of nitrogens with one attached hydrogen (secondary N) is 1. The Balaban J connectivity index is 1.82. The summed E-state index contributed by atoms with van der Waals surface area (Å²) >= 11 is 0. The van der Waals surface area contributed by atoms with Crippen molar-refractivity contribution in [1.82, 2.24) is 4.98 Å². The van der Waals surface area contributed by atoms with Crippen LogP contribution in [0, 0.1) is 16.0 Å². The van der Waals surface area contributed by atoms with Gasteiger partial charge in [-0.25, -0.2) is 0 Å². The molecular formula is C13H17N3O4. The number of ether oxygens (including phenoxy) is 2. The predicted molar refractivity (Wildman–Crippen MR) is 71.9 cm³/mol. The summed E-state index contributed by atoms with van der Waals surface area (Å²) in [5, 5.41) is 14.3. The summed E-state index contributed by atoms with van der Waals surface area (Å²) in [4.78, 5) is 14.8. The Bertz CT molecular complexity index is 518. The molecule has 2 aliphatic rings. The third kappa shape index (κ3) is 2.53. The largest absolute Gasteiger partial charge is 0.481 e. The van der Waals surface area contributed by atoms with Crippen molar-refractivity contribution >= 4 is 11.5 Å². The molecule has 1 N–H and O–H groups in total. The van der Waals surface area contributed by atoms with Crippen LogP contribution in [0.25, 0.3) is 0 Å². The molecule has 108 valence electrons. The van der Waals surface area contributed by atoms with Gasteiger partial charge in [0.05, 0.1) is 24.2 Å². The number of aromatic nitrogens is 1. The molecule has 1 aliphatic carbocycles. The standard InChI is InChI=1S/C13H17N3O4/c1-19-11-5-4-10(16(17)18)13(15-11)14-9-6-7-20-12(9)8-2-3-8/h4-5,8-9,12H,2-3,6-7H2,1H3,(H,14,15). The van der Waals surface area contributed by atoms with E-state index in [0.29, 0.717) is 18.4 Å². The minimum atomic E-state index is -0.434. The predicted octanol–water partition coefficient (Wildman–Crippen LogP) is 1.98. The molecule has 0 radical (unpaired) electrons. The minimum Gasteiger partial charge on any atom is -0.481 e. The number of methoxy groups -OCH3 is 1. The first-order valence-electron chi connectivity index (χ1n) is 6.76. The van der Waals surface area contributed by atoms with Gasteiger partial charge < -0.3 is 14.8 Å². The highest BCUT2D eigenvalue weighted by Gasteiger charge is 2.41. The number of anilines is 1. The lowest BCUT2D eigenvalue weighted by molar-refractivity contribution is -0.384. The first-order valence-corrected chi connectivity index (χ1v) is 6.76. The number of hydrogen-bond acceptors (Lipinski definition) is 6. The number of nitrogens with zero attached hydrogens (tertiary/aromatic N) is 2. The summed E-state index contributed by atoms with van der Waals surface area (Å²) in [5.41, 5.74) is -0.0350. The van der Waals surface area contributed by atoms with Crippen molar-refractivity contribution in [2.24, 2.45) is 5.92 Å². The summed E-state index contributed by atoms with van der Waals surface area (Å²) in [6, 6.07) is 2.99. The maximum Gasteiger partial charge on any atom is 0.311 e. The lowest BCUT2D eigenvalue weighted by atomic mass is 10.1. The molecule has 0 bridgehead atoms. The van der Waals surface area contributed by atoms with Crippen molar-refractivity contribution in [2.45, 2.75) is 31.4 Å². The van der Waals surface area contributed by atoms with Crippen molar-refractivity contribution in [1.29, 1.82) is 0 Å². The quantitative estimate of drug-likeness (QED) is 0.655. The van der Waals surface area contributed by atoms with E-state index in [1.165, 1.54) is 32.1 Å². The Hall–Kier alpha value is -1.89. The molecule has 1 aromatic rings. The van der Waals surface area contributed by atoms with Gasteiger partial charge in [-0.2, -0.15) is 4.98 Å². The van der Waals surface area contributed by atoms with E-state index in [4.69, 9.17) is 9.47 Å². The van der Waals surface area contributed by atoms with Crippen LogP contribution in [0.5, 0.6) is 5.88 Å². The van der Waals surface area contributed by atoms with Crippen LogP contribution in [-0.2, 0) is 4.74 Å². The van der Waals surface area contributed by atoms with Crippen LogP contribution in [0.3, 0.4) is 0 Å². The average molecular weight is 279 g/mol. The van der Waals surface area contributed by atoms with Crippen LogP contribution < -0.4 is 10.1 Å². The van der Waals surface area contributed by atoms with E-state index in [9.17, 15) is 10.1 Å². The zero-order chi connectivity index (χ0) is 14.1. The van der Waals surface area contributed by atoms with E-state index in [1.807, 2.05) is 0 Å². The van der Waals surface area contributed by atoms with Crippen LogP contribution in [0.15, 0.2) is 12.1 Å². The van der Waals surface area contributed by atoms with Crippen molar-refractivity contribution in [2.75, 3.05) is 19.0 Å². The van der Waals surface area contributed by atoms with Gasteiger partial charge in [-0.15, -0.1) is 0 Å². The Labute approximate surface area is 116 Å². The molecule has 7 heteroatoms. The zero-order valence-corrected chi connectivity index (χ0v) is 11.2. The Kier molecular flexibility index (Phi) is 3.43. The molecular weight excluding hydrogens is 262 g/mol. The second kappa shape index (κ2) is 5.24. The van der Waals surface area contributed by atoms with Crippen LogP contribution >= 0.6 is 0 Å². The molecule has 20 heavy (non-hydrogen) atoms. The summed E-state index contributed by atoms with van der Waals surface area (Å²) in [6.07, 6.45) is 3.34. The van der Waals surface area contributed by atoms with Gasteiger partial charge >= 0.3 is 5.69 Å². The van der Waals surface area contributed by atoms with E-state index < -0.39 is 4.92 Å². The van der Waals surface area contributed by atoms with Gasteiger partial charge in [0, 0.05) is 18.7 Å². The van der Waals surface area contributed by atoms with Crippen LogP contribution in [-0.4, -0.2) is 35.8 Å². The van der Waals surface area contributed by atoms with Gasteiger partial charge in [-0.3, -0.25) is 10.1 Å². The highest BCUT2D eigenvalue weighted by atomic mass is 16.6. The molecule has 0 amide bonds. The van der Waals surface area contributed by atoms with Crippen LogP contribution in [0.1, 0.15) is 19.3 Å². The molecule has 7 nitrogen and oxygen atoms in total. The number of hydrogen-bond donors (Lipinski definition) is 1. The average Bonchev–Trinajstić information content (AvgIpc) is 3.19. The number of rotatable bonds is 5. The molecule has 2 atom stereocenters. The lowest BCUT2D eigenvalue weighted by Crippen LogP contribution is -2.31. The maximum atomic E-state index is 11.1. The number of pyridine rings is 1. The molecule has 1 saturated carbocycles. The van der Waals surface area contributed by atoms with Crippen molar-refractivity contribution < 1.29 is 14.4 Å². The highest BCUT2D eigenvalue weighted by molar-refractivity contribution is 5.57. The van der Waals surface area contributed by atoms with E-state index in [-0.39, 0.29) is 23.7 Å². The zero-order valence-electron chi connectivity index (χ0n) is 11.2. The van der Waals surface area contributed by atoms with Gasteiger partial charge in [0.15, 0.2) is 0 Å². The minimum absolute atomic E-state index is 0.0350. The molecule has 1 saturated heterocycles. The highest BCUT2D eigenvalue weighted by Crippen LogP contribution is 2.40. The molecule has 1 aliphatic heterocycles. The van der Waals surface area contributed by atoms with E-state index in [2.05, 4.69) is 10.3 Å². The molecule has 3 rings (SSSR count). The Morgan fingerprint density at radius 2 is 2.25 bits per heavy atom. The monoisotopic (exact) mass is 279 g/mol. The molecule has 2 fully saturated rings. The first-order chi connectivity index (χ1) is 9.69. The summed E-state index contributed by atoms with van der Waals surface area (Å²) in [6.45, 7) is 0.691. The lowest BCUT2D eigenvalue weighted by Gasteiger charge is -2.20. The van der Waals surface area contributed by atoms with Crippen molar-refractivity contribution in [3.05, 3.63) is 22.2 Å². The van der Waals surface area contributed by atoms with Gasteiger partial charge in [0.2, 0.25) is 11.7 Å². The molecule has 0 spiro atoms. The van der Waals surface area contributed by atoms with E-state index in [1.54, 1.807) is 0 Å². The topological polar surface area (TPSA) is 86.5 Å². The van der Waals surface area contributed by atoms with Crippen molar-refractivity contribution in [3.8, 4) is 5.88 Å². The van der Waals surface area contributed by atoms with Crippen LogP contribution in [0.4, 0.5) is 11.5 Å². The van der Waals surface area contributed by atoms with Gasteiger partial charge in [-0.1, -0.05) is 0 Å². The molecule has 2 heterocycles. The smallest absolute Gasteiger partial charge is 0.311 e. The van der Waals surface area contributed by atoms with Crippen LogP contribution in [0.2, 0.25) is 0 Å². The van der Waals surface area contributed by atoms with Gasteiger partial charge in [-0.05, 0) is 25.2 Å². The Morgan fingerprint density at radius 1 is 1.45 bits per heavy atom. The van der Waals surface area contributed by atoms with Crippen molar-refractivity contribution in [3.63, 3.8) is 0 Å². The summed E-state index contributed by atoms with van der Waals surface area (Å²) < 4.78 is 10.8. The molecule has 0 aromatic carbocycles. The van der Waals surface area contributed by atoms with E-state index >= 15 is 0 Å². The van der Waals surface area contributed by atoms with E-state index in [0.717, 1.165) is 6.42 Å². The fourth-order valence-corrected chi connectivity index (χ4v) is 2.63. The molecule has 1 aromatic heterocycles. The molecule has 2 unspecified atom stereocenters. The Morgan fingerprint density at radius 3 is 2.90 bits per heavy atom. The summed E-state index contributed by atoms with van der Waals surface area (Å²) in [5.74, 6) is 1.20. The first kappa shape index (κ1) is 13.1. The second-order valence-corrected chi connectivity index (χ2v) is 5.19. The number of nitro groups is 1. The fraction of sp³-hybridized carbons (Fsp3) is 0.615. The van der Waals surface area contributed by atoms with Gasteiger partial charge in [0.1, 0.15) is 0 Å².